The summed E-state index contributed by atoms with van der Waals surface area (Å²) in [4.78, 5) is 2.48. The van der Waals surface area contributed by atoms with Crippen molar-refractivity contribution in [3.05, 3.63) is 280 Å². The van der Waals surface area contributed by atoms with Gasteiger partial charge in [-0.2, -0.15) is 0 Å². The molecule has 316 valence electrons. The number of hydrogen-bond donors (Lipinski definition) is 0. The lowest BCUT2D eigenvalue weighted by atomic mass is 9.66. The van der Waals surface area contributed by atoms with Crippen molar-refractivity contribution in [2.24, 2.45) is 0 Å². The molecule has 9 aromatic rings. The van der Waals surface area contributed by atoms with Crippen LogP contribution < -0.4 is 4.90 Å². The van der Waals surface area contributed by atoms with E-state index in [0.717, 1.165) is 17.1 Å². The van der Waals surface area contributed by atoms with Gasteiger partial charge in [-0.1, -0.05) is 230 Å². The maximum atomic E-state index is 2.50. The van der Waals surface area contributed by atoms with E-state index in [2.05, 4.69) is 271 Å². The van der Waals surface area contributed by atoms with Gasteiger partial charge >= 0.3 is 0 Å². The van der Waals surface area contributed by atoms with Crippen molar-refractivity contribution < 1.29 is 0 Å². The standard InChI is InChI=1S/C64H55N/c1-61(2,3)44-33-35-47(36-34-44)63(45-21-10-7-11-22-45)57-31-18-16-29-53(57)55-39-37-51(42-59(55)63)65(50-27-14-9-15-28-50)52-38-40-56-54-30-17-19-32-58(54)64(60(56)43-52,46-23-12-8-13-24-46)49-26-20-25-48(41-49)62(4,5)6/h7-43H,1-6H3. The topological polar surface area (TPSA) is 3.24 Å². The van der Waals surface area contributed by atoms with Gasteiger partial charge in [0.05, 0.1) is 10.8 Å². The van der Waals surface area contributed by atoms with Crippen molar-refractivity contribution in [1.82, 2.24) is 0 Å². The van der Waals surface area contributed by atoms with Gasteiger partial charge in [-0.05, 0) is 125 Å². The van der Waals surface area contributed by atoms with E-state index in [9.17, 15) is 0 Å². The molecule has 0 heterocycles. The molecule has 0 amide bonds. The number of anilines is 3. The summed E-state index contributed by atoms with van der Waals surface area (Å²) in [5.41, 5.74) is 20.3. The maximum absolute atomic E-state index is 2.50. The second-order valence-electron chi connectivity index (χ2n) is 20.1. The number of benzene rings is 9. The fourth-order valence-corrected chi connectivity index (χ4v) is 11.2. The van der Waals surface area contributed by atoms with Gasteiger partial charge in [-0.25, -0.2) is 0 Å². The van der Waals surface area contributed by atoms with E-state index in [-0.39, 0.29) is 10.8 Å². The number of nitrogens with zero attached hydrogens (tertiary/aromatic N) is 1. The molecule has 0 aliphatic heterocycles. The second-order valence-corrected chi connectivity index (χ2v) is 20.1. The zero-order valence-electron chi connectivity index (χ0n) is 38.3. The van der Waals surface area contributed by atoms with Crippen LogP contribution in [-0.4, -0.2) is 0 Å². The molecule has 9 aromatic carbocycles. The molecule has 1 heteroatoms. The number of para-hydroxylation sites is 1. The Morgan fingerprint density at radius 3 is 1.17 bits per heavy atom. The average Bonchev–Trinajstić information content (AvgIpc) is 3.80. The Morgan fingerprint density at radius 2 is 0.677 bits per heavy atom. The highest BCUT2D eigenvalue weighted by Crippen LogP contribution is 2.60. The predicted octanol–water partition coefficient (Wildman–Crippen LogP) is 16.5. The van der Waals surface area contributed by atoms with Gasteiger partial charge in [0.15, 0.2) is 0 Å². The van der Waals surface area contributed by atoms with Crippen LogP contribution in [0.4, 0.5) is 17.1 Å². The normalized spacial score (nSPS) is 17.2. The first-order chi connectivity index (χ1) is 31.5. The lowest BCUT2D eigenvalue weighted by molar-refractivity contribution is 0.587. The van der Waals surface area contributed by atoms with Crippen LogP contribution >= 0.6 is 0 Å². The maximum Gasteiger partial charge on any atom is 0.0714 e. The lowest BCUT2D eigenvalue weighted by Crippen LogP contribution is -2.29. The van der Waals surface area contributed by atoms with Crippen molar-refractivity contribution in [3.63, 3.8) is 0 Å². The van der Waals surface area contributed by atoms with Crippen molar-refractivity contribution in [2.75, 3.05) is 4.90 Å². The molecule has 1 nitrogen and oxygen atoms in total. The van der Waals surface area contributed by atoms with E-state index in [0.29, 0.717) is 0 Å². The molecule has 0 saturated heterocycles. The molecule has 0 N–H and O–H groups in total. The minimum absolute atomic E-state index is 0.0162. The molecular weight excluding hydrogens is 783 g/mol. The van der Waals surface area contributed by atoms with E-state index >= 15 is 0 Å². The van der Waals surface area contributed by atoms with Crippen LogP contribution in [0.3, 0.4) is 0 Å². The third-order valence-corrected chi connectivity index (χ3v) is 14.3. The van der Waals surface area contributed by atoms with Crippen LogP contribution in [-0.2, 0) is 21.7 Å². The fourth-order valence-electron chi connectivity index (χ4n) is 11.2. The van der Waals surface area contributed by atoms with Crippen LogP contribution in [0.5, 0.6) is 0 Å². The summed E-state index contributed by atoms with van der Waals surface area (Å²) in [5.74, 6) is 0. The van der Waals surface area contributed by atoms with Gasteiger partial charge in [0.1, 0.15) is 0 Å². The predicted molar refractivity (Wildman–Crippen MR) is 273 cm³/mol. The van der Waals surface area contributed by atoms with Crippen LogP contribution in [0, 0.1) is 0 Å². The largest absolute Gasteiger partial charge is 0.310 e. The van der Waals surface area contributed by atoms with Gasteiger partial charge in [0, 0.05) is 17.1 Å². The van der Waals surface area contributed by atoms with Gasteiger partial charge in [-0.15, -0.1) is 0 Å². The number of hydrogen-bond acceptors (Lipinski definition) is 1. The van der Waals surface area contributed by atoms with Gasteiger partial charge in [0.25, 0.3) is 0 Å². The molecule has 2 aliphatic rings. The molecule has 0 radical (unpaired) electrons. The summed E-state index contributed by atoms with van der Waals surface area (Å²) in [5, 5.41) is 0. The molecule has 2 unspecified atom stereocenters. The zero-order chi connectivity index (χ0) is 44.6. The molecule has 0 saturated carbocycles. The minimum atomic E-state index is -0.548. The highest BCUT2D eigenvalue weighted by molar-refractivity contribution is 5.92. The summed E-state index contributed by atoms with van der Waals surface area (Å²) < 4.78 is 0. The molecule has 65 heavy (non-hydrogen) atoms. The quantitative estimate of drug-likeness (QED) is 0.155. The Morgan fingerprint density at radius 1 is 0.277 bits per heavy atom. The van der Waals surface area contributed by atoms with Crippen LogP contribution in [0.15, 0.2) is 224 Å². The summed E-state index contributed by atoms with van der Waals surface area (Å²) in [7, 11) is 0. The Hall–Kier alpha value is -7.22. The van der Waals surface area contributed by atoms with Gasteiger partial charge in [0.2, 0.25) is 0 Å². The van der Waals surface area contributed by atoms with Crippen LogP contribution in [0.2, 0.25) is 0 Å². The lowest BCUT2D eigenvalue weighted by Gasteiger charge is -2.36. The highest BCUT2D eigenvalue weighted by atomic mass is 15.1. The summed E-state index contributed by atoms with van der Waals surface area (Å²) in [6.07, 6.45) is 0. The molecule has 11 rings (SSSR count). The Kier molecular flexibility index (Phi) is 9.49. The van der Waals surface area contributed by atoms with Crippen molar-refractivity contribution >= 4 is 17.1 Å². The summed E-state index contributed by atoms with van der Waals surface area (Å²) >= 11 is 0. The summed E-state index contributed by atoms with van der Waals surface area (Å²) in [6.45, 7) is 13.8. The van der Waals surface area contributed by atoms with Crippen molar-refractivity contribution in [1.29, 1.82) is 0 Å². The second kappa shape index (κ2) is 15.2. The van der Waals surface area contributed by atoms with Crippen molar-refractivity contribution in [3.8, 4) is 22.3 Å². The van der Waals surface area contributed by atoms with E-state index in [1.54, 1.807) is 0 Å². The van der Waals surface area contributed by atoms with Gasteiger partial charge in [-0.3, -0.25) is 0 Å². The summed E-state index contributed by atoms with van der Waals surface area (Å²) in [6, 6.07) is 84.7. The SMILES string of the molecule is CC(C)(C)c1ccc(C2(c3ccccc3)c3ccccc3-c3ccc(N(c4ccccc4)c4ccc5c(c4)C(c4ccccc4)(c4cccc(C(C)(C)C)c4)c4ccccc4-5)cc32)cc1. The number of rotatable bonds is 7. The van der Waals surface area contributed by atoms with Crippen LogP contribution in [0.1, 0.15) is 97.2 Å². The highest BCUT2D eigenvalue weighted by Gasteiger charge is 2.48. The fraction of sp³-hybridized carbons (Fsp3) is 0.156. The third-order valence-electron chi connectivity index (χ3n) is 14.3. The Balaban J connectivity index is 1.18. The Bertz CT molecular complexity index is 3200. The van der Waals surface area contributed by atoms with E-state index in [1.807, 2.05) is 0 Å². The first-order valence-corrected chi connectivity index (χ1v) is 23.2. The molecule has 0 bridgehead atoms. The zero-order valence-corrected chi connectivity index (χ0v) is 38.3. The molecule has 0 fully saturated rings. The van der Waals surface area contributed by atoms with Crippen molar-refractivity contribution in [2.45, 2.75) is 63.2 Å². The van der Waals surface area contributed by atoms with E-state index in [4.69, 9.17) is 0 Å². The Labute approximate surface area is 385 Å². The van der Waals surface area contributed by atoms with Gasteiger partial charge < -0.3 is 4.90 Å². The first-order valence-electron chi connectivity index (χ1n) is 23.2. The third kappa shape index (κ3) is 6.28. The first kappa shape index (κ1) is 40.5. The smallest absolute Gasteiger partial charge is 0.0714 e. The van der Waals surface area contributed by atoms with E-state index < -0.39 is 10.8 Å². The number of fused-ring (bicyclic) bond motifs is 6. The molecule has 0 spiro atoms. The molecule has 2 atom stereocenters. The van der Waals surface area contributed by atoms with Crippen LogP contribution in [0.25, 0.3) is 22.3 Å². The molecular formula is C64H55N. The molecule has 0 aromatic heterocycles. The van der Waals surface area contributed by atoms with E-state index in [1.165, 1.54) is 77.9 Å². The molecule has 2 aliphatic carbocycles. The average molecular weight is 838 g/mol. The monoisotopic (exact) mass is 837 g/mol. The minimum Gasteiger partial charge on any atom is -0.310 e.